The maximum Gasteiger partial charge on any atom is 0.0493 e. The van der Waals surface area contributed by atoms with Crippen LogP contribution in [-0.4, -0.2) is 6.26 Å². The van der Waals surface area contributed by atoms with Gasteiger partial charge in [0.2, 0.25) is 0 Å². The number of benzene rings is 1. The van der Waals surface area contributed by atoms with E-state index >= 15 is 0 Å². The molecular weight excluding hydrogens is 344 g/mol. The SMILES string of the molecule is CSc1c(Br)ccc2cc(CBr)sc12. The quantitative estimate of drug-likeness (QED) is 0.523. The molecule has 1 aromatic heterocycles. The molecule has 0 amide bonds. The number of thiophene rings is 1. The minimum atomic E-state index is 0.942. The van der Waals surface area contributed by atoms with Gasteiger partial charge in [-0.1, -0.05) is 22.0 Å². The van der Waals surface area contributed by atoms with E-state index in [2.05, 4.69) is 56.3 Å². The van der Waals surface area contributed by atoms with Gasteiger partial charge >= 0.3 is 0 Å². The lowest BCUT2D eigenvalue weighted by atomic mass is 10.2. The summed E-state index contributed by atoms with van der Waals surface area (Å²) >= 11 is 10.7. The Morgan fingerprint density at radius 3 is 2.86 bits per heavy atom. The molecule has 0 radical (unpaired) electrons. The van der Waals surface area contributed by atoms with Crippen molar-refractivity contribution in [2.24, 2.45) is 0 Å². The van der Waals surface area contributed by atoms with E-state index in [1.54, 1.807) is 11.8 Å². The first kappa shape index (κ1) is 11.0. The van der Waals surface area contributed by atoms with Gasteiger partial charge in [0.1, 0.15) is 0 Å². The van der Waals surface area contributed by atoms with Crippen molar-refractivity contribution in [1.29, 1.82) is 0 Å². The zero-order valence-electron chi connectivity index (χ0n) is 7.51. The molecule has 0 spiro atoms. The Morgan fingerprint density at radius 1 is 1.43 bits per heavy atom. The van der Waals surface area contributed by atoms with Crippen LogP contribution in [0.3, 0.4) is 0 Å². The largest absolute Gasteiger partial charge is 0.138 e. The Hall–Kier alpha value is 0.490. The maximum absolute atomic E-state index is 3.58. The number of thioether (sulfide) groups is 1. The molecule has 0 saturated heterocycles. The first-order chi connectivity index (χ1) is 6.76. The second kappa shape index (κ2) is 4.56. The molecule has 74 valence electrons. The fourth-order valence-electron chi connectivity index (χ4n) is 1.36. The second-order valence-electron chi connectivity index (χ2n) is 2.85. The monoisotopic (exact) mass is 350 g/mol. The number of fused-ring (bicyclic) bond motifs is 1. The molecule has 14 heavy (non-hydrogen) atoms. The molecule has 0 unspecified atom stereocenters. The van der Waals surface area contributed by atoms with Crippen LogP contribution >= 0.6 is 55.0 Å². The summed E-state index contributed by atoms with van der Waals surface area (Å²) in [5.41, 5.74) is 0. The van der Waals surface area contributed by atoms with Crippen LogP contribution in [0, 0.1) is 0 Å². The molecule has 0 fully saturated rings. The van der Waals surface area contributed by atoms with Gasteiger partial charge in [0, 0.05) is 24.3 Å². The highest BCUT2D eigenvalue weighted by Crippen LogP contribution is 2.38. The third kappa shape index (κ3) is 1.90. The molecule has 0 atom stereocenters. The smallest absolute Gasteiger partial charge is 0.0493 e. The summed E-state index contributed by atoms with van der Waals surface area (Å²) in [5.74, 6) is 0. The van der Waals surface area contributed by atoms with Crippen LogP contribution in [0.2, 0.25) is 0 Å². The first-order valence-electron chi connectivity index (χ1n) is 4.07. The van der Waals surface area contributed by atoms with Crippen molar-refractivity contribution >= 4 is 65.0 Å². The van der Waals surface area contributed by atoms with Gasteiger partial charge in [0.25, 0.3) is 0 Å². The third-order valence-corrected chi connectivity index (χ3v) is 6.01. The summed E-state index contributed by atoms with van der Waals surface area (Å²) in [6.07, 6.45) is 2.12. The van der Waals surface area contributed by atoms with Crippen molar-refractivity contribution in [1.82, 2.24) is 0 Å². The van der Waals surface area contributed by atoms with Gasteiger partial charge in [0.15, 0.2) is 0 Å². The molecule has 0 aliphatic heterocycles. The van der Waals surface area contributed by atoms with Crippen LogP contribution in [0.1, 0.15) is 4.88 Å². The van der Waals surface area contributed by atoms with Crippen molar-refractivity contribution in [3.63, 3.8) is 0 Å². The second-order valence-corrected chi connectivity index (χ2v) is 6.21. The van der Waals surface area contributed by atoms with E-state index in [1.165, 1.54) is 24.3 Å². The number of hydrogen-bond acceptors (Lipinski definition) is 2. The maximum atomic E-state index is 3.58. The molecule has 0 aliphatic rings. The van der Waals surface area contributed by atoms with E-state index in [0.717, 1.165) is 5.33 Å². The van der Waals surface area contributed by atoms with Gasteiger partial charge in [-0.2, -0.15) is 0 Å². The predicted molar refractivity (Wildman–Crippen MR) is 73.9 cm³/mol. The number of rotatable bonds is 2. The molecular formula is C10H8Br2S2. The van der Waals surface area contributed by atoms with Crippen molar-refractivity contribution in [3.05, 3.63) is 27.5 Å². The first-order valence-corrected chi connectivity index (χ1v) is 8.02. The van der Waals surface area contributed by atoms with Crippen LogP contribution in [0.25, 0.3) is 10.1 Å². The van der Waals surface area contributed by atoms with Crippen molar-refractivity contribution < 1.29 is 0 Å². The Balaban J connectivity index is 2.73. The Labute approximate surface area is 108 Å². The number of halogens is 2. The van der Waals surface area contributed by atoms with Crippen LogP contribution < -0.4 is 0 Å². The summed E-state index contributed by atoms with van der Waals surface area (Å²) in [6.45, 7) is 0. The molecule has 0 aliphatic carbocycles. The van der Waals surface area contributed by atoms with E-state index in [-0.39, 0.29) is 0 Å². The minimum absolute atomic E-state index is 0.942. The lowest BCUT2D eigenvalue weighted by Gasteiger charge is -2.01. The fourth-order valence-corrected chi connectivity index (χ4v) is 4.71. The number of alkyl halides is 1. The van der Waals surface area contributed by atoms with Gasteiger partial charge in [-0.3, -0.25) is 0 Å². The zero-order valence-corrected chi connectivity index (χ0v) is 12.3. The normalized spacial score (nSPS) is 11.1. The van der Waals surface area contributed by atoms with Crippen LogP contribution in [-0.2, 0) is 5.33 Å². The summed E-state index contributed by atoms with van der Waals surface area (Å²) in [5, 5.41) is 2.29. The summed E-state index contributed by atoms with van der Waals surface area (Å²) in [4.78, 5) is 2.73. The lowest BCUT2D eigenvalue weighted by Crippen LogP contribution is -1.72. The Bertz CT molecular complexity index is 462. The van der Waals surface area contributed by atoms with E-state index in [9.17, 15) is 0 Å². The zero-order chi connectivity index (χ0) is 10.1. The van der Waals surface area contributed by atoms with Crippen LogP contribution in [0.15, 0.2) is 27.6 Å². The summed E-state index contributed by atoms with van der Waals surface area (Å²) in [7, 11) is 0. The molecule has 0 saturated carbocycles. The predicted octanol–water partition coefficient (Wildman–Crippen LogP) is 5.28. The fraction of sp³-hybridized carbons (Fsp3) is 0.200. The van der Waals surface area contributed by atoms with Gasteiger partial charge in [0.05, 0.1) is 0 Å². The van der Waals surface area contributed by atoms with Gasteiger partial charge < -0.3 is 0 Å². The van der Waals surface area contributed by atoms with E-state index in [0.29, 0.717) is 0 Å². The number of hydrogen-bond donors (Lipinski definition) is 0. The highest BCUT2D eigenvalue weighted by atomic mass is 79.9. The summed E-state index contributed by atoms with van der Waals surface area (Å²) in [6, 6.07) is 6.54. The molecule has 0 bridgehead atoms. The van der Waals surface area contributed by atoms with Crippen molar-refractivity contribution in [2.45, 2.75) is 10.2 Å². The van der Waals surface area contributed by atoms with Gasteiger partial charge in [-0.25, -0.2) is 0 Å². The standard InChI is InChI=1S/C10H8Br2S2/c1-13-10-8(12)3-2-6-4-7(5-11)14-9(6)10/h2-4H,5H2,1H3. The van der Waals surface area contributed by atoms with E-state index < -0.39 is 0 Å². The Morgan fingerprint density at radius 2 is 2.21 bits per heavy atom. The van der Waals surface area contributed by atoms with Gasteiger partial charge in [-0.15, -0.1) is 23.1 Å². The average Bonchev–Trinajstić information content (AvgIpc) is 2.60. The highest BCUT2D eigenvalue weighted by molar-refractivity contribution is 9.10. The van der Waals surface area contributed by atoms with Crippen molar-refractivity contribution in [3.8, 4) is 0 Å². The molecule has 2 aromatic rings. The Kier molecular flexibility index (Phi) is 3.58. The molecule has 0 nitrogen and oxygen atoms in total. The molecule has 0 N–H and O–H groups in total. The lowest BCUT2D eigenvalue weighted by molar-refractivity contribution is 1.52. The van der Waals surface area contributed by atoms with E-state index in [1.807, 2.05) is 11.3 Å². The highest BCUT2D eigenvalue weighted by Gasteiger charge is 2.08. The van der Waals surface area contributed by atoms with Crippen LogP contribution in [0.4, 0.5) is 0 Å². The van der Waals surface area contributed by atoms with Crippen molar-refractivity contribution in [2.75, 3.05) is 6.26 Å². The van der Waals surface area contributed by atoms with Crippen LogP contribution in [0.5, 0.6) is 0 Å². The third-order valence-electron chi connectivity index (χ3n) is 1.98. The van der Waals surface area contributed by atoms with Gasteiger partial charge in [-0.05, 0) is 39.7 Å². The average molecular weight is 352 g/mol. The molecule has 4 heteroatoms. The molecule has 1 heterocycles. The molecule has 1 aromatic carbocycles. The molecule has 2 rings (SSSR count). The van der Waals surface area contributed by atoms with E-state index in [4.69, 9.17) is 0 Å². The minimum Gasteiger partial charge on any atom is -0.138 e. The topological polar surface area (TPSA) is 0 Å². The summed E-state index contributed by atoms with van der Waals surface area (Å²) < 4.78 is 2.58.